The Morgan fingerprint density at radius 2 is 1.82 bits per heavy atom. The number of carbonyl (C=O) groups excluding carboxylic acids is 1. The molecule has 4 heterocycles. The summed E-state index contributed by atoms with van der Waals surface area (Å²) in [6, 6.07) is 16.1. The number of aryl methyl sites for hydroxylation is 2. The zero-order valence-corrected chi connectivity index (χ0v) is 19.1. The Morgan fingerprint density at radius 3 is 2.59 bits per heavy atom. The SMILES string of the molecule is Cc1cc(N)nc(C)c1CNC(=O)c1ccc2c(c1)[C@H]1O[C@@H]2c2ccc(Cn3cccn3)cc21. The number of hydrogen-bond donors (Lipinski definition) is 2. The molecule has 2 aromatic carbocycles. The first kappa shape index (κ1) is 20.6. The van der Waals surface area contributed by atoms with Gasteiger partial charge in [-0.2, -0.15) is 5.10 Å². The fourth-order valence-electron chi connectivity index (χ4n) is 5.14. The molecule has 0 unspecified atom stereocenters. The fraction of sp³-hybridized carbons (Fsp3) is 0.222. The molecule has 0 radical (unpaired) electrons. The summed E-state index contributed by atoms with van der Waals surface area (Å²) >= 11 is 0. The number of pyridine rings is 1. The third-order valence-corrected chi connectivity index (χ3v) is 6.81. The first-order chi connectivity index (χ1) is 16.5. The minimum atomic E-state index is -0.147. The van der Waals surface area contributed by atoms with Crippen molar-refractivity contribution in [2.45, 2.75) is 39.1 Å². The minimum Gasteiger partial charge on any atom is -0.384 e. The Morgan fingerprint density at radius 1 is 1.06 bits per heavy atom. The van der Waals surface area contributed by atoms with Gasteiger partial charge in [-0.1, -0.05) is 24.3 Å². The number of nitrogen functional groups attached to an aromatic ring is 1. The van der Waals surface area contributed by atoms with Crippen molar-refractivity contribution < 1.29 is 9.53 Å². The normalized spacial score (nSPS) is 17.5. The summed E-state index contributed by atoms with van der Waals surface area (Å²) in [4.78, 5) is 17.3. The van der Waals surface area contributed by atoms with Crippen molar-refractivity contribution in [3.8, 4) is 0 Å². The largest absolute Gasteiger partial charge is 0.384 e. The number of hydrogen-bond acceptors (Lipinski definition) is 5. The van der Waals surface area contributed by atoms with E-state index in [1.807, 2.05) is 55.1 Å². The van der Waals surface area contributed by atoms with Crippen molar-refractivity contribution in [1.82, 2.24) is 20.1 Å². The second-order valence-corrected chi connectivity index (χ2v) is 9.02. The van der Waals surface area contributed by atoms with Gasteiger partial charge in [-0.25, -0.2) is 4.98 Å². The monoisotopic (exact) mass is 451 g/mol. The lowest BCUT2D eigenvalue weighted by Crippen LogP contribution is -2.24. The van der Waals surface area contributed by atoms with Gasteiger partial charge in [0, 0.05) is 30.2 Å². The van der Waals surface area contributed by atoms with Gasteiger partial charge in [0.25, 0.3) is 5.91 Å². The van der Waals surface area contributed by atoms with Gasteiger partial charge in [-0.15, -0.1) is 0 Å². The summed E-state index contributed by atoms with van der Waals surface area (Å²) in [7, 11) is 0. The molecule has 2 aliphatic heterocycles. The Kier molecular flexibility index (Phi) is 4.74. The molecule has 7 nitrogen and oxygen atoms in total. The van der Waals surface area contributed by atoms with Crippen LogP contribution < -0.4 is 11.1 Å². The summed E-state index contributed by atoms with van der Waals surface area (Å²) < 4.78 is 8.24. The van der Waals surface area contributed by atoms with Crippen molar-refractivity contribution in [2.24, 2.45) is 0 Å². The maximum atomic E-state index is 13.0. The Balaban J connectivity index is 1.23. The van der Waals surface area contributed by atoms with Crippen LogP contribution in [0.3, 0.4) is 0 Å². The van der Waals surface area contributed by atoms with Gasteiger partial charge in [-0.05, 0) is 77.1 Å². The van der Waals surface area contributed by atoms with Crippen LogP contribution in [0.25, 0.3) is 0 Å². The van der Waals surface area contributed by atoms with Crippen LogP contribution in [0.2, 0.25) is 0 Å². The average molecular weight is 452 g/mol. The van der Waals surface area contributed by atoms with E-state index in [0.29, 0.717) is 24.5 Å². The molecule has 2 aliphatic rings. The van der Waals surface area contributed by atoms with Gasteiger partial charge in [0.1, 0.15) is 18.0 Å². The molecule has 7 heteroatoms. The molecule has 3 N–H and O–H groups in total. The van der Waals surface area contributed by atoms with Crippen LogP contribution in [0, 0.1) is 13.8 Å². The molecule has 4 aromatic rings. The third kappa shape index (κ3) is 3.36. The average Bonchev–Trinajstić information content (AvgIpc) is 3.54. The third-order valence-electron chi connectivity index (χ3n) is 6.81. The van der Waals surface area contributed by atoms with Crippen LogP contribution in [0.5, 0.6) is 0 Å². The number of nitrogens with one attached hydrogen (secondary N) is 1. The molecular weight excluding hydrogens is 426 g/mol. The Bertz CT molecular complexity index is 1400. The highest BCUT2D eigenvalue weighted by molar-refractivity contribution is 5.94. The number of amides is 1. The molecule has 2 aromatic heterocycles. The van der Waals surface area contributed by atoms with Gasteiger partial charge in [0.05, 0.1) is 6.54 Å². The Labute approximate surface area is 197 Å². The smallest absolute Gasteiger partial charge is 0.251 e. The van der Waals surface area contributed by atoms with Crippen LogP contribution in [0.1, 0.15) is 67.2 Å². The summed E-state index contributed by atoms with van der Waals surface area (Å²) in [6.07, 6.45) is 3.52. The first-order valence-electron chi connectivity index (χ1n) is 11.4. The number of carbonyl (C=O) groups is 1. The molecule has 0 aliphatic carbocycles. The number of nitrogens with two attached hydrogens (primary N) is 1. The molecule has 0 saturated heterocycles. The van der Waals surface area contributed by atoms with Gasteiger partial charge in [0.2, 0.25) is 0 Å². The summed E-state index contributed by atoms with van der Waals surface area (Å²) in [5.41, 5.74) is 15.1. The van der Waals surface area contributed by atoms with E-state index in [4.69, 9.17) is 10.5 Å². The number of fused-ring (bicyclic) bond motifs is 8. The van der Waals surface area contributed by atoms with E-state index in [2.05, 4.69) is 33.6 Å². The second-order valence-electron chi connectivity index (χ2n) is 9.02. The second kappa shape index (κ2) is 7.81. The number of ether oxygens (including phenoxy) is 1. The fourth-order valence-corrected chi connectivity index (χ4v) is 5.14. The molecule has 0 spiro atoms. The van der Waals surface area contributed by atoms with E-state index in [9.17, 15) is 4.79 Å². The molecule has 2 atom stereocenters. The molecule has 2 bridgehead atoms. The van der Waals surface area contributed by atoms with Crippen LogP contribution >= 0.6 is 0 Å². The molecular formula is C27H25N5O2. The van der Waals surface area contributed by atoms with Gasteiger partial charge in [-0.3, -0.25) is 9.48 Å². The first-order valence-corrected chi connectivity index (χ1v) is 11.4. The maximum absolute atomic E-state index is 13.0. The standard InChI is InChI=1S/C27H25N5O2/c1-15-10-24(28)31-16(2)23(15)13-29-27(33)18-5-7-20-22(12-18)26-21-11-17(14-32-9-3-8-30-32)4-6-19(21)25(20)34-26/h3-12,25-26H,13-14H2,1-2H3,(H2,28,31)(H,29,33)/t25-,26+/m1/s1. The van der Waals surface area contributed by atoms with Gasteiger partial charge < -0.3 is 15.8 Å². The highest BCUT2D eigenvalue weighted by atomic mass is 16.5. The molecule has 0 saturated carbocycles. The molecule has 34 heavy (non-hydrogen) atoms. The van der Waals surface area contributed by atoms with Crippen molar-refractivity contribution in [1.29, 1.82) is 0 Å². The van der Waals surface area contributed by atoms with Crippen LogP contribution in [0.4, 0.5) is 5.82 Å². The van der Waals surface area contributed by atoms with Crippen LogP contribution in [0.15, 0.2) is 60.9 Å². The lowest BCUT2D eigenvalue weighted by atomic mass is 9.84. The topological polar surface area (TPSA) is 95.1 Å². The number of rotatable bonds is 5. The summed E-state index contributed by atoms with van der Waals surface area (Å²) in [6.45, 7) is 5.01. The quantitative estimate of drug-likeness (QED) is 0.479. The van der Waals surface area contributed by atoms with Gasteiger partial charge >= 0.3 is 0 Å². The summed E-state index contributed by atoms with van der Waals surface area (Å²) in [5.74, 6) is 0.376. The zero-order valence-electron chi connectivity index (χ0n) is 19.1. The van der Waals surface area contributed by atoms with Crippen LogP contribution in [-0.2, 0) is 17.8 Å². The highest BCUT2D eigenvalue weighted by Crippen LogP contribution is 2.54. The van der Waals surface area contributed by atoms with E-state index >= 15 is 0 Å². The van der Waals surface area contributed by atoms with Crippen molar-refractivity contribution in [2.75, 3.05) is 5.73 Å². The zero-order chi connectivity index (χ0) is 23.4. The van der Waals surface area contributed by atoms with E-state index < -0.39 is 0 Å². The van der Waals surface area contributed by atoms with E-state index in [0.717, 1.165) is 27.9 Å². The van der Waals surface area contributed by atoms with Crippen molar-refractivity contribution in [3.05, 3.63) is 111 Å². The lowest BCUT2D eigenvalue weighted by molar-refractivity contribution is 0.0857. The van der Waals surface area contributed by atoms with Crippen LogP contribution in [-0.4, -0.2) is 20.7 Å². The van der Waals surface area contributed by atoms with E-state index in [1.54, 1.807) is 6.20 Å². The minimum absolute atomic E-state index is 0.0722. The molecule has 1 amide bonds. The highest BCUT2D eigenvalue weighted by Gasteiger charge is 2.42. The number of benzene rings is 2. The van der Waals surface area contributed by atoms with Crippen molar-refractivity contribution in [3.63, 3.8) is 0 Å². The predicted octanol–water partition coefficient (Wildman–Crippen LogP) is 3.98. The lowest BCUT2D eigenvalue weighted by Gasteiger charge is -2.18. The van der Waals surface area contributed by atoms with Gasteiger partial charge in [0.15, 0.2) is 0 Å². The number of aromatic nitrogens is 3. The number of nitrogens with zero attached hydrogens (tertiary/aromatic N) is 3. The maximum Gasteiger partial charge on any atom is 0.251 e. The van der Waals surface area contributed by atoms with E-state index in [1.165, 1.54) is 16.7 Å². The summed E-state index contributed by atoms with van der Waals surface area (Å²) in [5, 5.41) is 7.34. The predicted molar refractivity (Wildman–Crippen MR) is 128 cm³/mol. The molecule has 170 valence electrons. The Hall–Kier alpha value is -3.97. The number of anilines is 1. The molecule has 6 rings (SSSR count). The van der Waals surface area contributed by atoms with Crippen molar-refractivity contribution >= 4 is 11.7 Å². The molecule has 0 fully saturated rings. The van der Waals surface area contributed by atoms with E-state index in [-0.39, 0.29) is 18.1 Å².